The second-order valence-corrected chi connectivity index (χ2v) is 5.35. The molecule has 0 saturated heterocycles. The van der Waals surface area contributed by atoms with E-state index in [0.717, 1.165) is 23.7 Å². The lowest BCUT2D eigenvalue weighted by Gasteiger charge is -2.09. The summed E-state index contributed by atoms with van der Waals surface area (Å²) in [5.41, 5.74) is 1.91. The molecule has 0 unspecified atom stereocenters. The van der Waals surface area contributed by atoms with Crippen LogP contribution in [0.5, 0.6) is 5.75 Å². The Labute approximate surface area is 120 Å². The second kappa shape index (κ2) is 6.52. The summed E-state index contributed by atoms with van der Waals surface area (Å²) in [7, 11) is 0. The third-order valence-corrected chi connectivity index (χ3v) is 2.71. The fourth-order valence-corrected chi connectivity index (χ4v) is 1.76. The molecule has 0 aliphatic rings. The van der Waals surface area contributed by atoms with Crippen molar-refractivity contribution in [3.8, 4) is 11.4 Å². The van der Waals surface area contributed by atoms with Gasteiger partial charge in [0.05, 0.1) is 23.7 Å². The highest BCUT2D eigenvalue weighted by Crippen LogP contribution is 2.16. The third kappa shape index (κ3) is 4.06. The van der Waals surface area contributed by atoms with Gasteiger partial charge in [-0.1, -0.05) is 19.1 Å². The molecule has 0 aliphatic carbocycles. The van der Waals surface area contributed by atoms with Gasteiger partial charge in [-0.2, -0.15) is 0 Å². The zero-order valence-electron chi connectivity index (χ0n) is 12.5. The molecule has 0 radical (unpaired) electrons. The first-order valence-electron chi connectivity index (χ1n) is 6.96. The van der Waals surface area contributed by atoms with Gasteiger partial charge in [0.25, 0.3) is 0 Å². The van der Waals surface area contributed by atoms with Crippen molar-refractivity contribution in [1.82, 2.24) is 20.3 Å². The summed E-state index contributed by atoms with van der Waals surface area (Å²) in [6.07, 6.45) is 2.12. The maximum Gasteiger partial charge on any atom is 0.119 e. The maximum absolute atomic E-state index is 5.62. The van der Waals surface area contributed by atoms with Crippen LogP contribution in [-0.4, -0.2) is 27.1 Å². The van der Waals surface area contributed by atoms with E-state index >= 15 is 0 Å². The van der Waals surface area contributed by atoms with Crippen LogP contribution in [0.25, 0.3) is 5.69 Å². The molecular formula is C15H22N4O. The van der Waals surface area contributed by atoms with E-state index in [2.05, 4.69) is 29.5 Å². The first-order chi connectivity index (χ1) is 9.54. The van der Waals surface area contributed by atoms with Crippen molar-refractivity contribution in [3.63, 3.8) is 0 Å². The molecule has 20 heavy (non-hydrogen) atoms. The van der Waals surface area contributed by atoms with Crippen molar-refractivity contribution in [3.05, 3.63) is 36.2 Å². The van der Waals surface area contributed by atoms with Crippen molar-refractivity contribution in [2.45, 2.75) is 46.4 Å². The normalized spacial score (nSPS) is 11.3. The number of benzene rings is 1. The molecule has 5 nitrogen and oxygen atoms in total. The number of nitrogens with zero attached hydrogens (tertiary/aromatic N) is 3. The minimum Gasteiger partial charge on any atom is -0.491 e. The summed E-state index contributed by atoms with van der Waals surface area (Å²) in [6, 6.07) is 8.29. The average molecular weight is 274 g/mol. The SMILES string of the molecule is CC(C)NCc1cn(-c2ccc(OC(C)C)cc2)nn1. The Kier molecular flexibility index (Phi) is 4.74. The molecule has 0 spiro atoms. The Bertz CT molecular complexity index is 531. The molecule has 2 aromatic rings. The average Bonchev–Trinajstić information content (AvgIpc) is 2.85. The Morgan fingerprint density at radius 3 is 2.45 bits per heavy atom. The first-order valence-corrected chi connectivity index (χ1v) is 6.96. The lowest BCUT2D eigenvalue weighted by molar-refractivity contribution is 0.242. The lowest BCUT2D eigenvalue weighted by atomic mass is 10.3. The van der Waals surface area contributed by atoms with Crippen LogP contribution in [0, 0.1) is 0 Å². The van der Waals surface area contributed by atoms with E-state index in [-0.39, 0.29) is 6.10 Å². The van der Waals surface area contributed by atoms with Crippen molar-refractivity contribution in [2.24, 2.45) is 0 Å². The maximum atomic E-state index is 5.62. The van der Waals surface area contributed by atoms with Crippen LogP contribution in [-0.2, 0) is 6.54 Å². The largest absolute Gasteiger partial charge is 0.491 e. The number of nitrogens with one attached hydrogen (secondary N) is 1. The molecule has 5 heteroatoms. The molecule has 2 rings (SSSR count). The van der Waals surface area contributed by atoms with Crippen molar-refractivity contribution in [2.75, 3.05) is 0 Å². The quantitative estimate of drug-likeness (QED) is 0.879. The van der Waals surface area contributed by atoms with Gasteiger partial charge in [-0.3, -0.25) is 0 Å². The molecule has 0 atom stereocenters. The molecule has 1 N–H and O–H groups in total. The molecule has 0 amide bonds. The molecule has 1 aromatic heterocycles. The van der Waals surface area contributed by atoms with Gasteiger partial charge in [0.15, 0.2) is 0 Å². The number of ether oxygens (including phenoxy) is 1. The zero-order valence-corrected chi connectivity index (χ0v) is 12.5. The summed E-state index contributed by atoms with van der Waals surface area (Å²) in [4.78, 5) is 0. The summed E-state index contributed by atoms with van der Waals surface area (Å²) < 4.78 is 7.39. The van der Waals surface area contributed by atoms with E-state index < -0.39 is 0 Å². The van der Waals surface area contributed by atoms with Gasteiger partial charge in [0.2, 0.25) is 0 Å². The van der Waals surface area contributed by atoms with Crippen LogP contribution < -0.4 is 10.1 Å². The number of rotatable bonds is 6. The molecule has 0 bridgehead atoms. The summed E-state index contributed by atoms with van der Waals surface area (Å²) in [5, 5.41) is 11.6. The van der Waals surface area contributed by atoms with E-state index in [1.54, 1.807) is 4.68 Å². The Balaban J connectivity index is 2.04. The van der Waals surface area contributed by atoms with Gasteiger partial charge < -0.3 is 10.1 Å². The van der Waals surface area contributed by atoms with Crippen LogP contribution in [0.3, 0.4) is 0 Å². The molecule has 0 aliphatic heterocycles. The van der Waals surface area contributed by atoms with Crippen LogP contribution in [0.1, 0.15) is 33.4 Å². The predicted octanol–water partition coefficient (Wildman–Crippen LogP) is 2.55. The molecule has 108 valence electrons. The van der Waals surface area contributed by atoms with Crippen molar-refractivity contribution >= 4 is 0 Å². The fourth-order valence-electron chi connectivity index (χ4n) is 1.76. The number of aromatic nitrogens is 3. The Morgan fingerprint density at radius 2 is 1.85 bits per heavy atom. The minimum absolute atomic E-state index is 0.181. The third-order valence-electron chi connectivity index (χ3n) is 2.71. The van der Waals surface area contributed by atoms with Gasteiger partial charge in [-0.15, -0.1) is 5.10 Å². The Morgan fingerprint density at radius 1 is 1.15 bits per heavy atom. The van der Waals surface area contributed by atoms with E-state index in [4.69, 9.17) is 4.74 Å². The van der Waals surface area contributed by atoms with Gasteiger partial charge in [-0.05, 0) is 38.1 Å². The molecular weight excluding hydrogens is 252 g/mol. The van der Waals surface area contributed by atoms with Crippen LogP contribution in [0.15, 0.2) is 30.5 Å². The van der Waals surface area contributed by atoms with Gasteiger partial charge >= 0.3 is 0 Å². The van der Waals surface area contributed by atoms with E-state index in [1.165, 1.54) is 0 Å². The molecule has 1 heterocycles. The highest BCUT2D eigenvalue weighted by molar-refractivity contribution is 5.36. The molecule has 0 saturated carbocycles. The lowest BCUT2D eigenvalue weighted by Crippen LogP contribution is -2.21. The van der Waals surface area contributed by atoms with Crippen LogP contribution >= 0.6 is 0 Å². The van der Waals surface area contributed by atoms with Gasteiger partial charge in [-0.25, -0.2) is 4.68 Å². The second-order valence-electron chi connectivity index (χ2n) is 5.35. The Hall–Kier alpha value is -1.88. The standard InChI is InChI=1S/C15H22N4O/c1-11(2)16-9-13-10-19(18-17-13)14-5-7-15(8-6-14)20-12(3)4/h5-8,10-12,16H,9H2,1-4H3. The zero-order chi connectivity index (χ0) is 14.5. The number of hydrogen-bond donors (Lipinski definition) is 1. The molecule has 0 fully saturated rings. The van der Waals surface area contributed by atoms with E-state index in [1.807, 2.05) is 44.3 Å². The van der Waals surface area contributed by atoms with Crippen LogP contribution in [0.4, 0.5) is 0 Å². The summed E-state index contributed by atoms with van der Waals surface area (Å²) >= 11 is 0. The molecule has 1 aromatic carbocycles. The smallest absolute Gasteiger partial charge is 0.119 e. The van der Waals surface area contributed by atoms with Gasteiger partial charge in [0.1, 0.15) is 5.75 Å². The highest BCUT2D eigenvalue weighted by Gasteiger charge is 2.04. The van der Waals surface area contributed by atoms with E-state index in [0.29, 0.717) is 6.04 Å². The van der Waals surface area contributed by atoms with Gasteiger partial charge in [0, 0.05) is 12.6 Å². The van der Waals surface area contributed by atoms with Crippen LogP contribution in [0.2, 0.25) is 0 Å². The van der Waals surface area contributed by atoms with Crippen molar-refractivity contribution in [1.29, 1.82) is 0 Å². The monoisotopic (exact) mass is 274 g/mol. The summed E-state index contributed by atoms with van der Waals surface area (Å²) in [6.45, 7) is 8.97. The highest BCUT2D eigenvalue weighted by atomic mass is 16.5. The van der Waals surface area contributed by atoms with Crippen molar-refractivity contribution < 1.29 is 4.74 Å². The summed E-state index contributed by atoms with van der Waals surface area (Å²) in [5.74, 6) is 0.866. The van der Waals surface area contributed by atoms with E-state index in [9.17, 15) is 0 Å². The number of hydrogen-bond acceptors (Lipinski definition) is 4. The first kappa shape index (κ1) is 14.5. The minimum atomic E-state index is 0.181. The predicted molar refractivity (Wildman–Crippen MR) is 79.1 cm³/mol. The topological polar surface area (TPSA) is 52.0 Å². The fraction of sp³-hybridized carbons (Fsp3) is 0.467.